The van der Waals surface area contributed by atoms with Crippen LogP contribution in [0.5, 0.6) is 0 Å². The minimum atomic E-state index is -0.306. The van der Waals surface area contributed by atoms with E-state index in [4.69, 9.17) is 4.74 Å². The summed E-state index contributed by atoms with van der Waals surface area (Å²) in [6.07, 6.45) is 2.99. The summed E-state index contributed by atoms with van der Waals surface area (Å²) < 4.78 is 5.44. The summed E-state index contributed by atoms with van der Waals surface area (Å²) in [7, 11) is 0. The first-order valence-corrected chi connectivity index (χ1v) is 6.78. The Bertz CT molecular complexity index is 504. The molecule has 0 radical (unpaired) electrons. The van der Waals surface area contributed by atoms with Crippen LogP contribution in [0, 0.1) is 23.2 Å². The molecule has 3 nitrogen and oxygen atoms in total. The van der Waals surface area contributed by atoms with Crippen molar-refractivity contribution >= 4 is 5.97 Å². The second-order valence-electron chi connectivity index (χ2n) is 6.55. The monoisotopic (exact) mass is 246 g/mol. The molecule has 0 aromatic heterocycles. The van der Waals surface area contributed by atoms with Crippen molar-refractivity contribution in [2.75, 3.05) is 6.61 Å². The van der Waals surface area contributed by atoms with E-state index < -0.39 is 0 Å². The summed E-state index contributed by atoms with van der Waals surface area (Å²) in [6, 6.07) is 0. The van der Waals surface area contributed by atoms with E-state index in [1.54, 1.807) is 0 Å². The fourth-order valence-electron chi connectivity index (χ4n) is 4.73. The Balaban J connectivity index is 1.75. The van der Waals surface area contributed by atoms with E-state index in [2.05, 4.69) is 13.5 Å². The Hall–Kier alpha value is -1.09. The molecule has 96 valence electrons. The van der Waals surface area contributed by atoms with Gasteiger partial charge >= 0.3 is 5.97 Å². The average molecular weight is 246 g/mol. The van der Waals surface area contributed by atoms with Gasteiger partial charge in [-0.2, -0.15) is 0 Å². The number of hydrogen-bond donors (Lipinski definition) is 1. The van der Waals surface area contributed by atoms with Gasteiger partial charge in [0.05, 0.1) is 12.2 Å². The van der Waals surface area contributed by atoms with E-state index in [0.717, 1.165) is 24.3 Å². The number of carbonyl (C=O) groups is 1. The second-order valence-corrected chi connectivity index (χ2v) is 6.55. The van der Waals surface area contributed by atoms with Crippen molar-refractivity contribution in [1.29, 1.82) is 0 Å². The van der Waals surface area contributed by atoms with Gasteiger partial charge in [0, 0.05) is 0 Å². The largest absolute Gasteiger partial charge is 0.454 e. The van der Waals surface area contributed by atoms with Crippen LogP contribution in [0.25, 0.3) is 0 Å². The van der Waals surface area contributed by atoms with Crippen molar-refractivity contribution in [1.82, 2.24) is 0 Å². The molecular formula is C15H18O3. The maximum atomic E-state index is 11.7. The molecular weight excluding hydrogens is 228 g/mol. The molecule has 0 amide bonds. The third-order valence-electron chi connectivity index (χ3n) is 5.84. The van der Waals surface area contributed by atoms with Crippen LogP contribution < -0.4 is 0 Å². The Labute approximate surface area is 107 Å². The van der Waals surface area contributed by atoms with Gasteiger partial charge in [-0.05, 0) is 48.0 Å². The Morgan fingerprint density at radius 3 is 3.06 bits per heavy atom. The number of rotatable bonds is 1. The topological polar surface area (TPSA) is 46.5 Å². The molecule has 5 atom stereocenters. The number of esters is 1. The number of hydrogen-bond acceptors (Lipinski definition) is 3. The summed E-state index contributed by atoms with van der Waals surface area (Å²) in [5, 5.41) is 9.33. The highest BCUT2D eigenvalue weighted by molar-refractivity contribution is 5.92. The highest BCUT2D eigenvalue weighted by Crippen LogP contribution is 2.71. The number of fused-ring (bicyclic) bond motifs is 4. The van der Waals surface area contributed by atoms with Crippen molar-refractivity contribution < 1.29 is 14.6 Å². The van der Waals surface area contributed by atoms with E-state index in [1.807, 2.05) is 0 Å². The van der Waals surface area contributed by atoms with Crippen molar-refractivity contribution in [2.24, 2.45) is 23.2 Å². The quantitative estimate of drug-likeness (QED) is 0.567. The van der Waals surface area contributed by atoms with E-state index in [9.17, 15) is 9.90 Å². The number of aliphatic hydroxyl groups is 1. The van der Waals surface area contributed by atoms with Gasteiger partial charge in [0.25, 0.3) is 0 Å². The van der Waals surface area contributed by atoms with E-state index in [0.29, 0.717) is 17.4 Å². The minimum absolute atomic E-state index is 0.0759. The van der Waals surface area contributed by atoms with Crippen LogP contribution in [0.2, 0.25) is 0 Å². The molecule has 3 fully saturated rings. The molecule has 0 unspecified atom stereocenters. The Kier molecular flexibility index (Phi) is 1.85. The molecule has 0 spiro atoms. The molecule has 1 heterocycles. The van der Waals surface area contributed by atoms with Gasteiger partial charge in [0.2, 0.25) is 0 Å². The van der Waals surface area contributed by atoms with Crippen molar-refractivity contribution in [2.45, 2.75) is 32.3 Å². The highest BCUT2D eigenvalue weighted by Gasteiger charge is 2.65. The molecule has 3 aliphatic carbocycles. The fourth-order valence-corrected chi connectivity index (χ4v) is 4.73. The lowest BCUT2D eigenvalue weighted by atomic mass is 9.63. The maximum Gasteiger partial charge on any atom is 0.337 e. The van der Waals surface area contributed by atoms with Crippen LogP contribution in [0.1, 0.15) is 26.2 Å². The van der Waals surface area contributed by atoms with Crippen LogP contribution in [0.3, 0.4) is 0 Å². The number of allylic oxidation sites excluding steroid dienone is 1. The lowest BCUT2D eigenvalue weighted by Crippen LogP contribution is -2.37. The zero-order valence-corrected chi connectivity index (χ0v) is 10.6. The molecule has 0 saturated heterocycles. The van der Waals surface area contributed by atoms with Crippen LogP contribution in [0.4, 0.5) is 0 Å². The van der Waals surface area contributed by atoms with E-state index in [-0.39, 0.29) is 24.1 Å². The molecule has 4 rings (SSSR count). The third-order valence-corrected chi connectivity index (χ3v) is 5.84. The van der Waals surface area contributed by atoms with Crippen molar-refractivity contribution in [3.63, 3.8) is 0 Å². The zero-order valence-electron chi connectivity index (χ0n) is 10.6. The van der Waals surface area contributed by atoms with Gasteiger partial charge in [0.1, 0.15) is 6.10 Å². The van der Waals surface area contributed by atoms with E-state index in [1.165, 1.54) is 12.0 Å². The molecule has 0 bridgehead atoms. The molecule has 3 heteroatoms. The predicted molar refractivity (Wildman–Crippen MR) is 65.6 cm³/mol. The normalized spacial score (nSPS) is 48.8. The second kappa shape index (κ2) is 3.08. The molecule has 0 aromatic carbocycles. The van der Waals surface area contributed by atoms with Gasteiger partial charge in [0.15, 0.2) is 0 Å². The average Bonchev–Trinajstić information content (AvgIpc) is 3.02. The molecule has 1 N–H and O–H groups in total. The van der Waals surface area contributed by atoms with E-state index >= 15 is 0 Å². The zero-order chi connectivity index (χ0) is 12.7. The van der Waals surface area contributed by atoms with Gasteiger partial charge < -0.3 is 9.84 Å². The highest BCUT2D eigenvalue weighted by atomic mass is 16.5. The molecule has 0 aromatic rings. The Morgan fingerprint density at radius 1 is 1.56 bits per heavy atom. The Morgan fingerprint density at radius 2 is 2.33 bits per heavy atom. The molecule has 18 heavy (non-hydrogen) atoms. The van der Waals surface area contributed by atoms with Crippen molar-refractivity contribution in [3.05, 3.63) is 23.3 Å². The van der Waals surface area contributed by atoms with Crippen LogP contribution >= 0.6 is 0 Å². The molecule has 3 saturated carbocycles. The maximum absolute atomic E-state index is 11.7. The van der Waals surface area contributed by atoms with Gasteiger partial charge in [-0.15, -0.1) is 0 Å². The predicted octanol–water partition coefficient (Wildman–Crippen LogP) is 1.82. The third kappa shape index (κ3) is 1.07. The van der Waals surface area contributed by atoms with Gasteiger partial charge in [-0.25, -0.2) is 4.79 Å². The van der Waals surface area contributed by atoms with Gasteiger partial charge in [-0.3, -0.25) is 0 Å². The van der Waals surface area contributed by atoms with Gasteiger partial charge in [-0.1, -0.05) is 19.1 Å². The minimum Gasteiger partial charge on any atom is -0.454 e. The fraction of sp³-hybridized carbons (Fsp3) is 0.667. The SMILES string of the molecule is C=C1[C@H]2C[C@H]2[C@]2(C)C[C@@H]3OC(=O)C(CO)=C3C[C@@H]12. The smallest absolute Gasteiger partial charge is 0.337 e. The first kappa shape index (κ1) is 10.8. The summed E-state index contributed by atoms with van der Waals surface area (Å²) >= 11 is 0. The molecule has 4 aliphatic rings. The lowest BCUT2D eigenvalue weighted by Gasteiger charge is -2.42. The first-order valence-electron chi connectivity index (χ1n) is 6.78. The lowest BCUT2D eigenvalue weighted by molar-refractivity contribution is -0.142. The van der Waals surface area contributed by atoms with Crippen LogP contribution in [-0.4, -0.2) is 23.8 Å². The summed E-state index contributed by atoms with van der Waals surface area (Å²) in [6.45, 7) is 6.43. The summed E-state index contributed by atoms with van der Waals surface area (Å²) in [5.41, 5.74) is 3.20. The van der Waals surface area contributed by atoms with Crippen LogP contribution in [0.15, 0.2) is 23.3 Å². The summed E-state index contributed by atoms with van der Waals surface area (Å²) in [4.78, 5) is 11.7. The number of carbonyl (C=O) groups excluding carboxylic acids is 1. The molecule has 1 aliphatic heterocycles. The van der Waals surface area contributed by atoms with Crippen molar-refractivity contribution in [3.8, 4) is 0 Å². The van der Waals surface area contributed by atoms with Crippen LogP contribution in [-0.2, 0) is 9.53 Å². The number of aliphatic hydroxyl groups excluding tert-OH is 1. The number of ether oxygens (including phenoxy) is 1. The first-order chi connectivity index (χ1) is 8.56. The summed E-state index contributed by atoms with van der Waals surface area (Å²) in [5.74, 6) is 1.66. The standard InChI is InChI=1S/C15H18O3/c1-7-8-3-12(8)15(2)5-13-9(4-11(7)15)10(6-16)14(17)18-13/h8,11-13,16H,1,3-6H2,2H3/t8-,11+,12-,13+,15-/m1/s1.